The minimum Gasteiger partial charge on any atom is -0.396 e. The van der Waals surface area contributed by atoms with E-state index in [1.807, 2.05) is 19.1 Å². The number of hydrogen-bond donors (Lipinski definition) is 3. The summed E-state index contributed by atoms with van der Waals surface area (Å²) in [5.41, 5.74) is 0.730. The Morgan fingerprint density at radius 1 is 1.36 bits per heavy atom. The van der Waals surface area contributed by atoms with Gasteiger partial charge in [0.15, 0.2) is 0 Å². The van der Waals surface area contributed by atoms with Gasteiger partial charge in [-0.3, -0.25) is 4.79 Å². The van der Waals surface area contributed by atoms with E-state index in [0.29, 0.717) is 30.0 Å². The van der Waals surface area contributed by atoms with Crippen molar-refractivity contribution in [3.63, 3.8) is 0 Å². The molecule has 0 saturated heterocycles. The van der Waals surface area contributed by atoms with Crippen LogP contribution in [0.1, 0.15) is 39.0 Å². The predicted molar refractivity (Wildman–Crippen MR) is 90.1 cm³/mol. The first kappa shape index (κ1) is 17.3. The standard InChI is InChI=1S/C17H25ClN2O2/c1-12(19-15-7-5-13(11-21)6-8-15)9-17(22)20-16-4-2-3-14(18)10-16/h2-4,10,12-13,15,19,21H,5-9,11H2,1H3,(H,20,22). The monoisotopic (exact) mass is 324 g/mol. The van der Waals surface area contributed by atoms with Crippen molar-refractivity contribution in [2.75, 3.05) is 11.9 Å². The number of amides is 1. The molecule has 1 saturated carbocycles. The van der Waals surface area contributed by atoms with E-state index in [1.165, 1.54) is 0 Å². The third-order valence-electron chi connectivity index (χ3n) is 4.23. The summed E-state index contributed by atoms with van der Waals surface area (Å²) in [5, 5.41) is 16.2. The fraction of sp³-hybridized carbons (Fsp3) is 0.588. The molecule has 0 aromatic heterocycles. The summed E-state index contributed by atoms with van der Waals surface area (Å²) in [6.07, 6.45) is 4.72. The van der Waals surface area contributed by atoms with Gasteiger partial charge < -0.3 is 15.7 Å². The van der Waals surface area contributed by atoms with Gasteiger partial charge in [-0.05, 0) is 56.7 Å². The number of aliphatic hydroxyl groups excluding tert-OH is 1. The van der Waals surface area contributed by atoms with E-state index < -0.39 is 0 Å². The first-order valence-corrected chi connectivity index (χ1v) is 8.37. The number of aliphatic hydroxyl groups is 1. The molecular weight excluding hydrogens is 300 g/mol. The number of nitrogens with one attached hydrogen (secondary N) is 2. The quantitative estimate of drug-likeness (QED) is 0.753. The number of carbonyl (C=O) groups is 1. The van der Waals surface area contributed by atoms with Gasteiger partial charge in [-0.1, -0.05) is 17.7 Å². The highest BCUT2D eigenvalue weighted by molar-refractivity contribution is 6.30. The molecule has 1 aromatic rings. The van der Waals surface area contributed by atoms with Crippen LogP contribution in [-0.2, 0) is 4.79 Å². The van der Waals surface area contributed by atoms with Gasteiger partial charge in [0.1, 0.15) is 0 Å². The van der Waals surface area contributed by atoms with Crippen LogP contribution < -0.4 is 10.6 Å². The lowest BCUT2D eigenvalue weighted by atomic mass is 9.86. The van der Waals surface area contributed by atoms with Crippen molar-refractivity contribution >= 4 is 23.2 Å². The van der Waals surface area contributed by atoms with E-state index in [-0.39, 0.29) is 11.9 Å². The number of rotatable bonds is 6. The molecule has 2 rings (SSSR count). The van der Waals surface area contributed by atoms with Gasteiger partial charge in [0, 0.05) is 35.8 Å². The average Bonchev–Trinajstić information content (AvgIpc) is 2.47. The van der Waals surface area contributed by atoms with Crippen LogP contribution in [0.4, 0.5) is 5.69 Å². The van der Waals surface area contributed by atoms with Gasteiger partial charge in [-0.15, -0.1) is 0 Å². The Morgan fingerprint density at radius 2 is 2.09 bits per heavy atom. The highest BCUT2D eigenvalue weighted by Crippen LogP contribution is 2.24. The molecule has 0 bridgehead atoms. The van der Waals surface area contributed by atoms with Crippen LogP contribution >= 0.6 is 11.6 Å². The van der Waals surface area contributed by atoms with E-state index in [0.717, 1.165) is 31.4 Å². The fourth-order valence-corrected chi connectivity index (χ4v) is 3.22. The summed E-state index contributed by atoms with van der Waals surface area (Å²) in [5.74, 6) is 0.450. The van der Waals surface area contributed by atoms with E-state index in [2.05, 4.69) is 10.6 Å². The maximum Gasteiger partial charge on any atom is 0.225 e. The molecule has 1 aromatic carbocycles. The van der Waals surface area contributed by atoms with Crippen molar-refractivity contribution in [3.05, 3.63) is 29.3 Å². The molecule has 122 valence electrons. The molecule has 1 fully saturated rings. The van der Waals surface area contributed by atoms with Crippen LogP contribution in [0.15, 0.2) is 24.3 Å². The van der Waals surface area contributed by atoms with Crippen molar-refractivity contribution in [1.82, 2.24) is 5.32 Å². The van der Waals surface area contributed by atoms with Crippen LogP contribution in [0.25, 0.3) is 0 Å². The van der Waals surface area contributed by atoms with E-state index in [1.54, 1.807) is 12.1 Å². The molecule has 1 unspecified atom stereocenters. The minimum atomic E-state index is -0.00805. The Bertz CT molecular complexity index is 487. The average molecular weight is 325 g/mol. The molecule has 0 aliphatic heterocycles. The third kappa shape index (κ3) is 5.59. The predicted octanol–water partition coefficient (Wildman–Crippen LogP) is 3.20. The minimum absolute atomic E-state index is 0.00805. The second-order valence-corrected chi connectivity index (χ2v) is 6.67. The highest BCUT2D eigenvalue weighted by atomic mass is 35.5. The van der Waals surface area contributed by atoms with Crippen molar-refractivity contribution in [3.8, 4) is 0 Å². The number of carbonyl (C=O) groups excluding carboxylic acids is 1. The van der Waals surface area contributed by atoms with E-state index in [4.69, 9.17) is 16.7 Å². The first-order chi connectivity index (χ1) is 10.6. The number of anilines is 1. The Hall–Kier alpha value is -1.10. The maximum atomic E-state index is 12.0. The van der Waals surface area contributed by atoms with Gasteiger partial charge in [0.05, 0.1) is 0 Å². The topological polar surface area (TPSA) is 61.4 Å². The maximum absolute atomic E-state index is 12.0. The largest absolute Gasteiger partial charge is 0.396 e. The van der Waals surface area contributed by atoms with Gasteiger partial charge in [-0.25, -0.2) is 0 Å². The van der Waals surface area contributed by atoms with Gasteiger partial charge in [0.2, 0.25) is 5.91 Å². The molecule has 3 N–H and O–H groups in total. The van der Waals surface area contributed by atoms with Crippen molar-refractivity contribution in [2.45, 2.75) is 51.1 Å². The molecule has 5 heteroatoms. The summed E-state index contributed by atoms with van der Waals surface area (Å²) in [7, 11) is 0. The lowest BCUT2D eigenvalue weighted by molar-refractivity contribution is -0.116. The smallest absolute Gasteiger partial charge is 0.225 e. The van der Waals surface area contributed by atoms with Crippen molar-refractivity contribution < 1.29 is 9.90 Å². The van der Waals surface area contributed by atoms with Crippen LogP contribution in [0.3, 0.4) is 0 Å². The van der Waals surface area contributed by atoms with Crippen LogP contribution in [-0.4, -0.2) is 29.7 Å². The molecule has 0 radical (unpaired) electrons. The molecule has 4 nitrogen and oxygen atoms in total. The second kappa shape index (κ2) is 8.51. The molecule has 1 aliphatic carbocycles. The number of hydrogen-bond acceptors (Lipinski definition) is 3. The SMILES string of the molecule is CC(CC(=O)Nc1cccc(Cl)c1)NC1CCC(CO)CC1. The molecule has 1 aliphatic rings. The Kier molecular flexibility index (Phi) is 6.68. The normalized spacial score (nSPS) is 23.0. The molecule has 22 heavy (non-hydrogen) atoms. The van der Waals surface area contributed by atoms with E-state index >= 15 is 0 Å². The van der Waals surface area contributed by atoms with Crippen LogP contribution in [0.5, 0.6) is 0 Å². The Labute approximate surface area is 137 Å². The summed E-state index contributed by atoms with van der Waals surface area (Å²) in [6.45, 7) is 2.33. The Balaban J connectivity index is 1.72. The van der Waals surface area contributed by atoms with E-state index in [9.17, 15) is 4.79 Å². The molecular formula is C17H25ClN2O2. The van der Waals surface area contributed by atoms with Gasteiger partial charge in [0.25, 0.3) is 0 Å². The first-order valence-electron chi connectivity index (χ1n) is 7.99. The van der Waals surface area contributed by atoms with Crippen LogP contribution in [0.2, 0.25) is 5.02 Å². The molecule has 1 amide bonds. The number of halogens is 1. The molecule has 1 atom stereocenters. The van der Waals surface area contributed by atoms with Gasteiger partial charge >= 0.3 is 0 Å². The molecule has 0 spiro atoms. The zero-order valence-electron chi connectivity index (χ0n) is 13.0. The molecule has 0 heterocycles. The Morgan fingerprint density at radius 3 is 2.73 bits per heavy atom. The lowest BCUT2D eigenvalue weighted by Crippen LogP contribution is -2.41. The van der Waals surface area contributed by atoms with Gasteiger partial charge in [-0.2, -0.15) is 0 Å². The third-order valence-corrected chi connectivity index (χ3v) is 4.46. The van der Waals surface area contributed by atoms with Crippen molar-refractivity contribution in [1.29, 1.82) is 0 Å². The zero-order chi connectivity index (χ0) is 15.9. The summed E-state index contributed by atoms with van der Waals surface area (Å²) < 4.78 is 0. The summed E-state index contributed by atoms with van der Waals surface area (Å²) in [6, 6.07) is 7.77. The second-order valence-electron chi connectivity index (χ2n) is 6.23. The lowest BCUT2D eigenvalue weighted by Gasteiger charge is -2.30. The summed E-state index contributed by atoms with van der Waals surface area (Å²) >= 11 is 5.91. The highest BCUT2D eigenvalue weighted by Gasteiger charge is 2.22. The van der Waals surface area contributed by atoms with Crippen LogP contribution in [0, 0.1) is 5.92 Å². The fourth-order valence-electron chi connectivity index (χ4n) is 3.03. The number of benzene rings is 1. The van der Waals surface area contributed by atoms with Crippen molar-refractivity contribution in [2.24, 2.45) is 5.92 Å². The summed E-state index contributed by atoms with van der Waals surface area (Å²) in [4.78, 5) is 12.0. The zero-order valence-corrected chi connectivity index (χ0v) is 13.8.